The Bertz CT molecular complexity index is 447. The molecule has 1 amide bonds. The van der Waals surface area contributed by atoms with Crippen LogP contribution in [0.2, 0.25) is 5.02 Å². The molecule has 0 aromatic carbocycles. The Balaban J connectivity index is 2.06. The van der Waals surface area contributed by atoms with Gasteiger partial charge in [0.25, 0.3) is 5.91 Å². The number of carbonyl (C=O) groups is 1. The van der Waals surface area contributed by atoms with Crippen LogP contribution in [0.3, 0.4) is 0 Å². The molecule has 0 bridgehead atoms. The molecule has 2 heterocycles. The van der Waals surface area contributed by atoms with Crippen LogP contribution in [0.1, 0.15) is 30.3 Å². The smallest absolute Gasteiger partial charge is 0.270 e. The fourth-order valence-electron chi connectivity index (χ4n) is 2.35. The molecule has 1 N–H and O–H groups in total. The molecule has 1 fully saturated rings. The van der Waals surface area contributed by atoms with Gasteiger partial charge in [-0.15, -0.1) is 0 Å². The normalized spacial score (nSPS) is 19.0. The minimum Gasteiger partial charge on any atom is -0.345 e. The Morgan fingerprint density at radius 3 is 2.50 bits per heavy atom. The van der Waals surface area contributed by atoms with E-state index in [0.717, 1.165) is 25.9 Å². The quantitative estimate of drug-likeness (QED) is 0.890. The van der Waals surface area contributed by atoms with Crippen LogP contribution < -0.4 is 5.32 Å². The van der Waals surface area contributed by atoms with Crippen molar-refractivity contribution >= 4 is 17.5 Å². The van der Waals surface area contributed by atoms with E-state index in [4.69, 9.17) is 11.6 Å². The second-order valence-electron chi connectivity index (χ2n) is 5.26. The number of nitrogens with zero attached hydrogens (tertiary/aromatic N) is 2. The van der Waals surface area contributed by atoms with Gasteiger partial charge in [0.2, 0.25) is 0 Å². The minimum absolute atomic E-state index is 0.0718. The number of halogens is 1. The largest absolute Gasteiger partial charge is 0.345 e. The molecule has 0 radical (unpaired) electrons. The molecule has 18 heavy (non-hydrogen) atoms. The third-order valence-electron chi connectivity index (χ3n) is 3.95. The molecule has 100 valence electrons. The van der Waals surface area contributed by atoms with E-state index in [1.54, 1.807) is 16.8 Å². The first-order valence-corrected chi connectivity index (χ1v) is 6.63. The standard InChI is InChI=1S/C13H20ClN3O/c1-13(15-2)4-6-17(7-5-13)12(18)11-8-10(14)9-16(11)3/h8-9,15H,4-7H2,1-3H3. The highest BCUT2D eigenvalue weighted by Crippen LogP contribution is 2.23. The molecule has 1 aliphatic heterocycles. The number of piperidine rings is 1. The number of hydrogen-bond donors (Lipinski definition) is 1. The molecule has 1 aromatic heterocycles. The van der Waals surface area contributed by atoms with Gasteiger partial charge in [0.15, 0.2) is 0 Å². The number of carbonyl (C=O) groups excluding carboxylic acids is 1. The van der Waals surface area contributed by atoms with Gasteiger partial charge in [-0.25, -0.2) is 0 Å². The summed E-state index contributed by atoms with van der Waals surface area (Å²) in [6.45, 7) is 3.78. The molecule has 5 heteroatoms. The maximum Gasteiger partial charge on any atom is 0.270 e. The molecule has 2 rings (SSSR count). The molecule has 0 saturated carbocycles. The molecule has 1 aromatic rings. The van der Waals surface area contributed by atoms with Crippen LogP contribution in [0.25, 0.3) is 0 Å². The first-order chi connectivity index (χ1) is 8.45. The van der Waals surface area contributed by atoms with Crippen molar-refractivity contribution in [1.82, 2.24) is 14.8 Å². The summed E-state index contributed by atoms with van der Waals surface area (Å²) in [5.74, 6) is 0.0718. The molecule has 1 aliphatic rings. The van der Waals surface area contributed by atoms with Gasteiger partial charge in [0.05, 0.1) is 5.02 Å². The molecule has 0 aliphatic carbocycles. The highest BCUT2D eigenvalue weighted by atomic mass is 35.5. The topological polar surface area (TPSA) is 37.3 Å². The highest BCUT2D eigenvalue weighted by molar-refractivity contribution is 6.31. The zero-order chi connectivity index (χ0) is 13.3. The number of amides is 1. The van der Waals surface area contributed by atoms with Crippen LogP contribution >= 0.6 is 11.6 Å². The fraction of sp³-hybridized carbons (Fsp3) is 0.615. The molecule has 4 nitrogen and oxygen atoms in total. The second-order valence-corrected chi connectivity index (χ2v) is 5.69. The third kappa shape index (κ3) is 2.54. The monoisotopic (exact) mass is 269 g/mol. The number of aryl methyl sites for hydroxylation is 1. The Labute approximate surface area is 113 Å². The summed E-state index contributed by atoms with van der Waals surface area (Å²) < 4.78 is 1.79. The molecular formula is C13H20ClN3O. The Morgan fingerprint density at radius 1 is 1.44 bits per heavy atom. The lowest BCUT2D eigenvalue weighted by molar-refractivity contribution is 0.0652. The third-order valence-corrected chi connectivity index (χ3v) is 4.16. The van der Waals surface area contributed by atoms with E-state index in [1.165, 1.54) is 0 Å². The summed E-state index contributed by atoms with van der Waals surface area (Å²) in [5, 5.41) is 3.94. The lowest BCUT2D eigenvalue weighted by Gasteiger charge is -2.39. The van der Waals surface area contributed by atoms with E-state index in [9.17, 15) is 4.79 Å². The highest BCUT2D eigenvalue weighted by Gasteiger charge is 2.31. The van der Waals surface area contributed by atoms with Crippen LogP contribution in [0.15, 0.2) is 12.3 Å². The van der Waals surface area contributed by atoms with E-state index in [1.807, 2.05) is 19.0 Å². The van der Waals surface area contributed by atoms with E-state index < -0.39 is 0 Å². The van der Waals surface area contributed by atoms with Crippen molar-refractivity contribution in [3.05, 3.63) is 23.0 Å². The van der Waals surface area contributed by atoms with Crippen molar-refractivity contribution in [2.75, 3.05) is 20.1 Å². The maximum absolute atomic E-state index is 12.4. The molecule has 0 unspecified atom stereocenters. The fourth-order valence-corrected chi connectivity index (χ4v) is 2.60. The van der Waals surface area contributed by atoms with E-state index in [2.05, 4.69) is 12.2 Å². The van der Waals surface area contributed by atoms with Gasteiger partial charge in [-0.3, -0.25) is 4.79 Å². The van der Waals surface area contributed by atoms with E-state index >= 15 is 0 Å². The zero-order valence-corrected chi connectivity index (χ0v) is 11.9. The SMILES string of the molecule is CNC1(C)CCN(C(=O)c2cc(Cl)cn2C)CC1. The van der Waals surface area contributed by atoms with Crippen LogP contribution in [0.5, 0.6) is 0 Å². The van der Waals surface area contributed by atoms with Crippen LogP contribution in [-0.4, -0.2) is 41.1 Å². The Kier molecular flexibility index (Phi) is 3.69. The van der Waals surface area contributed by atoms with Gasteiger partial charge in [-0.05, 0) is 32.9 Å². The lowest BCUT2D eigenvalue weighted by atomic mass is 9.90. The van der Waals surface area contributed by atoms with Crippen molar-refractivity contribution in [2.24, 2.45) is 7.05 Å². The predicted octanol–water partition coefficient (Wildman–Crippen LogP) is 1.89. The number of likely N-dealkylation sites (tertiary alicyclic amines) is 1. The summed E-state index contributed by atoms with van der Waals surface area (Å²) in [6, 6.07) is 1.73. The van der Waals surface area contributed by atoms with Crippen molar-refractivity contribution in [2.45, 2.75) is 25.3 Å². The van der Waals surface area contributed by atoms with Crippen molar-refractivity contribution in [3.8, 4) is 0 Å². The average Bonchev–Trinajstić information content (AvgIpc) is 2.69. The summed E-state index contributed by atoms with van der Waals surface area (Å²) in [7, 11) is 3.83. The summed E-state index contributed by atoms with van der Waals surface area (Å²) in [6.07, 6.45) is 3.72. The van der Waals surface area contributed by atoms with Gasteiger partial charge in [-0.1, -0.05) is 11.6 Å². The second kappa shape index (κ2) is 4.94. The zero-order valence-electron chi connectivity index (χ0n) is 11.2. The predicted molar refractivity (Wildman–Crippen MR) is 73.0 cm³/mol. The number of nitrogens with one attached hydrogen (secondary N) is 1. The first kappa shape index (κ1) is 13.4. The first-order valence-electron chi connectivity index (χ1n) is 6.25. The van der Waals surface area contributed by atoms with Crippen molar-refractivity contribution < 1.29 is 4.79 Å². The van der Waals surface area contributed by atoms with E-state index in [-0.39, 0.29) is 11.4 Å². The molecule has 0 atom stereocenters. The van der Waals surface area contributed by atoms with Crippen LogP contribution in [-0.2, 0) is 7.05 Å². The molecule has 1 saturated heterocycles. The minimum atomic E-state index is 0.0718. The number of aromatic nitrogens is 1. The lowest BCUT2D eigenvalue weighted by Crippen LogP contribution is -2.51. The van der Waals surface area contributed by atoms with Crippen LogP contribution in [0, 0.1) is 0 Å². The summed E-state index contributed by atoms with van der Waals surface area (Å²) in [4.78, 5) is 14.3. The van der Waals surface area contributed by atoms with Gasteiger partial charge in [0.1, 0.15) is 5.69 Å². The molecule has 0 spiro atoms. The summed E-state index contributed by atoms with van der Waals surface area (Å²) >= 11 is 5.91. The average molecular weight is 270 g/mol. The van der Waals surface area contributed by atoms with Gasteiger partial charge >= 0.3 is 0 Å². The van der Waals surface area contributed by atoms with Gasteiger partial charge < -0.3 is 14.8 Å². The Morgan fingerprint density at radius 2 is 2.06 bits per heavy atom. The van der Waals surface area contributed by atoms with Crippen molar-refractivity contribution in [3.63, 3.8) is 0 Å². The van der Waals surface area contributed by atoms with Crippen molar-refractivity contribution in [1.29, 1.82) is 0 Å². The Hall–Kier alpha value is -1.00. The number of rotatable bonds is 2. The molecular weight excluding hydrogens is 250 g/mol. The van der Waals surface area contributed by atoms with Crippen LogP contribution in [0.4, 0.5) is 0 Å². The van der Waals surface area contributed by atoms with Gasteiger partial charge in [-0.2, -0.15) is 0 Å². The summed E-state index contributed by atoms with van der Waals surface area (Å²) in [5.41, 5.74) is 0.816. The van der Waals surface area contributed by atoms with E-state index in [0.29, 0.717) is 10.7 Å². The van der Waals surface area contributed by atoms with Gasteiger partial charge in [0, 0.05) is 31.9 Å². The number of hydrogen-bond acceptors (Lipinski definition) is 2. The maximum atomic E-state index is 12.4.